The van der Waals surface area contributed by atoms with E-state index in [1.807, 2.05) is 23.6 Å². The summed E-state index contributed by atoms with van der Waals surface area (Å²) in [5, 5.41) is 0. The van der Waals surface area contributed by atoms with Crippen LogP contribution in [0.5, 0.6) is 0 Å². The van der Waals surface area contributed by atoms with Crippen molar-refractivity contribution in [1.82, 2.24) is 14.8 Å². The van der Waals surface area contributed by atoms with Crippen LogP contribution in [0.25, 0.3) is 0 Å². The maximum absolute atomic E-state index is 4.52. The molecule has 2 aromatic heterocycles. The first-order valence-corrected chi connectivity index (χ1v) is 9.51. The lowest BCUT2D eigenvalue weighted by atomic mass is 9.92. The Morgan fingerprint density at radius 2 is 2.04 bits per heavy atom. The van der Waals surface area contributed by atoms with Crippen LogP contribution in [0, 0.1) is 12.8 Å². The number of fused-ring (bicyclic) bond motifs is 1. The molecule has 2 unspecified atom stereocenters. The molecule has 0 aromatic carbocycles. The fourth-order valence-corrected chi connectivity index (χ4v) is 5.06. The zero-order chi connectivity index (χ0) is 15.6. The molecule has 0 N–H and O–H groups in total. The molecule has 0 aliphatic carbocycles. The summed E-state index contributed by atoms with van der Waals surface area (Å²) in [6.45, 7) is 8.04. The lowest BCUT2D eigenvalue weighted by Gasteiger charge is -2.38. The SMILES string of the molecule is Cc1ccc(CN2CCC3CCN(Cc4ccccn4)C3C2)s1. The molecule has 122 valence electrons. The highest BCUT2D eigenvalue weighted by Crippen LogP contribution is 2.33. The normalized spacial score (nSPS) is 25.6. The van der Waals surface area contributed by atoms with E-state index in [1.165, 1.54) is 47.9 Å². The second-order valence-corrected chi connectivity index (χ2v) is 8.32. The molecule has 0 saturated carbocycles. The van der Waals surface area contributed by atoms with E-state index in [9.17, 15) is 0 Å². The van der Waals surface area contributed by atoms with Crippen LogP contribution in [0.1, 0.15) is 28.3 Å². The third-order valence-electron chi connectivity index (χ3n) is 5.33. The summed E-state index contributed by atoms with van der Waals surface area (Å²) < 4.78 is 0. The molecule has 0 bridgehead atoms. The first-order valence-electron chi connectivity index (χ1n) is 8.69. The largest absolute Gasteiger partial charge is 0.297 e. The maximum Gasteiger partial charge on any atom is 0.0544 e. The Hall–Kier alpha value is -1.23. The third-order valence-corrected chi connectivity index (χ3v) is 6.31. The van der Waals surface area contributed by atoms with Gasteiger partial charge >= 0.3 is 0 Å². The number of likely N-dealkylation sites (tertiary alicyclic amines) is 2. The minimum atomic E-state index is 0.715. The molecule has 2 aliphatic rings. The molecule has 0 radical (unpaired) electrons. The molecule has 2 atom stereocenters. The van der Waals surface area contributed by atoms with Crippen LogP contribution in [0.2, 0.25) is 0 Å². The van der Waals surface area contributed by atoms with Crippen LogP contribution in [-0.2, 0) is 13.1 Å². The van der Waals surface area contributed by atoms with Gasteiger partial charge in [-0.05, 0) is 63.0 Å². The minimum Gasteiger partial charge on any atom is -0.297 e. The minimum absolute atomic E-state index is 0.715. The number of hydrogen-bond acceptors (Lipinski definition) is 4. The van der Waals surface area contributed by atoms with Crippen molar-refractivity contribution in [2.45, 2.75) is 38.9 Å². The van der Waals surface area contributed by atoms with Gasteiger partial charge in [0.1, 0.15) is 0 Å². The van der Waals surface area contributed by atoms with Gasteiger partial charge in [-0.25, -0.2) is 0 Å². The number of aryl methyl sites for hydroxylation is 1. The van der Waals surface area contributed by atoms with Gasteiger partial charge in [0.15, 0.2) is 0 Å². The van der Waals surface area contributed by atoms with Crippen molar-refractivity contribution in [1.29, 1.82) is 0 Å². The molecule has 4 rings (SSSR count). The van der Waals surface area contributed by atoms with Crippen molar-refractivity contribution >= 4 is 11.3 Å². The number of nitrogens with zero attached hydrogens (tertiary/aromatic N) is 3. The summed E-state index contributed by atoms with van der Waals surface area (Å²) in [6.07, 6.45) is 4.63. The van der Waals surface area contributed by atoms with E-state index >= 15 is 0 Å². The van der Waals surface area contributed by atoms with Crippen LogP contribution < -0.4 is 0 Å². The van der Waals surface area contributed by atoms with E-state index in [4.69, 9.17) is 0 Å². The van der Waals surface area contributed by atoms with Crippen molar-refractivity contribution in [3.8, 4) is 0 Å². The molecule has 2 saturated heterocycles. The summed E-state index contributed by atoms with van der Waals surface area (Å²) in [5.74, 6) is 0.889. The maximum atomic E-state index is 4.52. The highest BCUT2D eigenvalue weighted by Gasteiger charge is 2.38. The average molecular weight is 327 g/mol. The molecule has 2 fully saturated rings. The van der Waals surface area contributed by atoms with Crippen molar-refractivity contribution in [2.75, 3.05) is 19.6 Å². The van der Waals surface area contributed by atoms with Gasteiger partial charge in [-0.3, -0.25) is 14.8 Å². The van der Waals surface area contributed by atoms with Crippen molar-refractivity contribution in [3.63, 3.8) is 0 Å². The van der Waals surface area contributed by atoms with Crippen LogP contribution >= 0.6 is 11.3 Å². The summed E-state index contributed by atoms with van der Waals surface area (Å²) in [7, 11) is 0. The average Bonchev–Trinajstić information content (AvgIpc) is 3.15. The number of pyridine rings is 1. The number of aromatic nitrogens is 1. The number of piperidine rings is 1. The molecular formula is C19H25N3S. The first-order chi connectivity index (χ1) is 11.3. The van der Waals surface area contributed by atoms with E-state index in [-0.39, 0.29) is 0 Å². The van der Waals surface area contributed by atoms with E-state index in [2.05, 4.69) is 46.0 Å². The highest BCUT2D eigenvalue weighted by atomic mass is 32.1. The van der Waals surface area contributed by atoms with Gasteiger partial charge in [0.2, 0.25) is 0 Å². The van der Waals surface area contributed by atoms with Crippen LogP contribution in [0.4, 0.5) is 0 Å². The third kappa shape index (κ3) is 3.49. The van der Waals surface area contributed by atoms with Crippen molar-refractivity contribution in [2.24, 2.45) is 5.92 Å². The van der Waals surface area contributed by atoms with Gasteiger partial charge in [0.05, 0.1) is 5.69 Å². The van der Waals surface area contributed by atoms with E-state index < -0.39 is 0 Å². The van der Waals surface area contributed by atoms with Gasteiger partial charge in [0, 0.05) is 41.6 Å². The number of hydrogen-bond donors (Lipinski definition) is 0. The number of thiophene rings is 1. The van der Waals surface area contributed by atoms with Crippen molar-refractivity contribution in [3.05, 3.63) is 52.0 Å². The van der Waals surface area contributed by atoms with E-state index in [1.54, 1.807) is 0 Å². The predicted molar refractivity (Wildman–Crippen MR) is 95.5 cm³/mol. The lowest BCUT2D eigenvalue weighted by Crippen LogP contribution is -2.47. The summed E-state index contributed by atoms with van der Waals surface area (Å²) in [4.78, 5) is 12.8. The molecule has 0 amide bonds. The summed E-state index contributed by atoms with van der Waals surface area (Å²) in [6, 6.07) is 11.5. The van der Waals surface area contributed by atoms with Crippen LogP contribution in [0.15, 0.2) is 36.5 Å². The van der Waals surface area contributed by atoms with Gasteiger partial charge in [-0.1, -0.05) is 6.07 Å². The summed E-state index contributed by atoms with van der Waals surface area (Å²) in [5.41, 5.74) is 1.21. The predicted octanol–water partition coefficient (Wildman–Crippen LogP) is 3.55. The smallest absolute Gasteiger partial charge is 0.0544 e. The van der Waals surface area contributed by atoms with E-state index in [0.717, 1.165) is 19.0 Å². The Morgan fingerprint density at radius 3 is 2.83 bits per heavy atom. The lowest BCUT2D eigenvalue weighted by molar-refractivity contribution is 0.0960. The molecule has 2 aliphatic heterocycles. The highest BCUT2D eigenvalue weighted by molar-refractivity contribution is 7.11. The second kappa shape index (κ2) is 6.71. The molecule has 4 heteroatoms. The van der Waals surface area contributed by atoms with E-state index in [0.29, 0.717) is 6.04 Å². The molecule has 23 heavy (non-hydrogen) atoms. The standard InChI is InChI=1S/C19H25N3S/c1-15-5-6-18(23-15)13-21-10-7-16-8-11-22(19(16)14-21)12-17-4-2-3-9-20-17/h2-6,9,16,19H,7-8,10-14H2,1H3. The Balaban J connectivity index is 1.40. The van der Waals surface area contributed by atoms with Gasteiger partial charge in [-0.15, -0.1) is 11.3 Å². The topological polar surface area (TPSA) is 19.4 Å². The second-order valence-electron chi connectivity index (χ2n) is 6.94. The molecule has 4 heterocycles. The monoisotopic (exact) mass is 327 g/mol. The zero-order valence-corrected chi connectivity index (χ0v) is 14.6. The Bertz CT molecular complexity index is 639. The van der Waals surface area contributed by atoms with Gasteiger partial charge in [-0.2, -0.15) is 0 Å². The fourth-order valence-electron chi connectivity index (χ4n) is 4.12. The van der Waals surface area contributed by atoms with Gasteiger partial charge < -0.3 is 0 Å². The Labute approximate surface area is 143 Å². The zero-order valence-electron chi connectivity index (χ0n) is 13.8. The quantitative estimate of drug-likeness (QED) is 0.856. The molecule has 3 nitrogen and oxygen atoms in total. The Kier molecular flexibility index (Phi) is 4.47. The van der Waals surface area contributed by atoms with Gasteiger partial charge in [0.25, 0.3) is 0 Å². The summed E-state index contributed by atoms with van der Waals surface area (Å²) >= 11 is 1.94. The van der Waals surface area contributed by atoms with Crippen molar-refractivity contribution < 1.29 is 0 Å². The Morgan fingerprint density at radius 1 is 1.13 bits per heavy atom. The molecule has 0 spiro atoms. The number of rotatable bonds is 4. The molecule has 2 aromatic rings. The van der Waals surface area contributed by atoms with Crippen LogP contribution in [0.3, 0.4) is 0 Å². The van der Waals surface area contributed by atoms with Crippen LogP contribution in [-0.4, -0.2) is 40.5 Å². The fraction of sp³-hybridized carbons (Fsp3) is 0.526. The first kappa shape index (κ1) is 15.3. The molecular weight excluding hydrogens is 302 g/mol.